The van der Waals surface area contributed by atoms with Gasteiger partial charge in [-0.25, -0.2) is 0 Å². The predicted octanol–water partition coefficient (Wildman–Crippen LogP) is 3.89. The largest absolute Gasteiger partial charge is 0.489 e. The summed E-state index contributed by atoms with van der Waals surface area (Å²) in [5.41, 5.74) is 2.08. The Bertz CT molecular complexity index is 589. The maximum atomic E-state index is 9.83. The molecule has 2 nitrogen and oxygen atoms in total. The standard InChI is InChI=1S/C18H20O2/c1-18(2)16(19)12-17(18)20-15-11-7-6-10-14(15)13-8-4-3-5-9-13/h3-11,16-17,19H,12H2,1-2H3. The van der Waals surface area contributed by atoms with E-state index < -0.39 is 0 Å². The van der Waals surface area contributed by atoms with Crippen molar-refractivity contribution in [1.29, 1.82) is 0 Å². The molecule has 0 heterocycles. The van der Waals surface area contributed by atoms with Crippen molar-refractivity contribution in [2.75, 3.05) is 0 Å². The maximum Gasteiger partial charge on any atom is 0.127 e. The summed E-state index contributed by atoms with van der Waals surface area (Å²) < 4.78 is 6.16. The first-order valence-electron chi connectivity index (χ1n) is 7.08. The second kappa shape index (κ2) is 4.95. The molecule has 2 atom stereocenters. The van der Waals surface area contributed by atoms with Crippen LogP contribution in [-0.4, -0.2) is 17.3 Å². The van der Waals surface area contributed by atoms with Gasteiger partial charge in [0, 0.05) is 17.4 Å². The predicted molar refractivity (Wildman–Crippen MR) is 80.7 cm³/mol. The van der Waals surface area contributed by atoms with Crippen LogP contribution in [0.5, 0.6) is 5.75 Å². The molecule has 2 aromatic rings. The zero-order valence-electron chi connectivity index (χ0n) is 11.9. The van der Waals surface area contributed by atoms with Crippen LogP contribution in [0, 0.1) is 5.41 Å². The zero-order chi connectivity index (χ0) is 14.2. The number of rotatable bonds is 3. The van der Waals surface area contributed by atoms with Crippen LogP contribution in [0.4, 0.5) is 0 Å². The van der Waals surface area contributed by atoms with Gasteiger partial charge in [0.2, 0.25) is 0 Å². The van der Waals surface area contributed by atoms with Crippen LogP contribution in [0.1, 0.15) is 20.3 Å². The van der Waals surface area contributed by atoms with E-state index in [-0.39, 0.29) is 17.6 Å². The Morgan fingerprint density at radius 3 is 2.30 bits per heavy atom. The van der Waals surface area contributed by atoms with Crippen molar-refractivity contribution >= 4 is 0 Å². The summed E-state index contributed by atoms with van der Waals surface area (Å²) in [6.45, 7) is 4.11. The van der Waals surface area contributed by atoms with E-state index in [4.69, 9.17) is 4.74 Å². The summed E-state index contributed by atoms with van der Waals surface area (Å²) in [5, 5.41) is 9.83. The third kappa shape index (κ3) is 2.20. The van der Waals surface area contributed by atoms with E-state index in [1.165, 1.54) is 0 Å². The number of hydrogen-bond acceptors (Lipinski definition) is 2. The van der Waals surface area contributed by atoms with Crippen molar-refractivity contribution in [2.45, 2.75) is 32.5 Å². The average Bonchev–Trinajstić information content (AvgIpc) is 2.48. The summed E-state index contributed by atoms with van der Waals surface area (Å²) in [4.78, 5) is 0. The summed E-state index contributed by atoms with van der Waals surface area (Å²) in [7, 11) is 0. The number of benzene rings is 2. The summed E-state index contributed by atoms with van der Waals surface area (Å²) >= 11 is 0. The Hall–Kier alpha value is -1.80. The highest BCUT2D eigenvalue weighted by atomic mass is 16.5. The molecule has 1 N–H and O–H groups in total. The first kappa shape index (κ1) is 13.2. The second-order valence-corrected chi connectivity index (χ2v) is 6.04. The van der Waals surface area contributed by atoms with E-state index >= 15 is 0 Å². The molecule has 104 valence electrons. The van der Waals surface area contributed by atoms with Crippen LogP contribution in [-0.2, 0) is 0 Å². The van der Waals surface area contributed by atoms with Gasteiger partial charge in [-0.05, 0) is 11.6 Å². The van der Waals surface area contributed by atoms with Crippen LogP contribution in [0.15, 0.2) is 54.6 Å². The average molecular weight is 268 g/mol. The second-order valence-electron chi connectivity index (χ2n) is 6.04. The monoisotopic (exact) mass is 268 g/mol. The van der Waals surface area contributed by atoms with Crippen molar-refractivity contribution in [3.63, 3.8) is 0 Å². The van der Waals surface area contributed by atoms with E-state index in [9.17, 15) is 5.11 Å². The van der Waals surface area contributed by atoms with Gasteiger partial charge >= 0.3 is 0 Å². The summed E-state index contributed by atoms with van der Waals surface area (Å²) in [6.07, 6.45) is 0.509. The van der Waals surface area contributed by atoms with Gasteiger partial charge in [-0.1, -0.05) is 62.4 Å². The number of ether oxygens (including phenoxy) is 1. The first-order valence-corrected chi connectivity index (χ1v) is 7.08. The molecular formula is C18H20O2. The molecule has 1 aliphatic carbocycles. The Kier molecular flexibility index (Phi) is 3.27. The number of aliphatic hydroxyl groups is 1. The molecule has 20 heavy (non-hydrogen) atoms. The Balaban J connectivity index is 1.88. The fourth-order valence-corrected chi connectivity index (χ4v) is 2.64. The van der Waals surface area contributed by atoms with Crippen molar-refractivity contribution in [2.24, 2.45) is 5.41 Å². The molecule has 0 radical (unpaired) electrons. The van der Waals surface area contributed by atoms with Crippen molar-refractivity contribution < 1.29 is 9.84 Å². The summed E-state index contributed by atoms with van der Waals surface area (Å²) in [6, 6.07) is 18.3. The third-order valence-corrected chi connectivity index (χ3v) is 4.37. The number of para-hydroxylation sites is 1. The maximum absolute atomic E-state index is 9.83. The van der Waals surface area contributed by atoms with E-state index in [1.807, 2.05) is 36.4 Å². The molecule has 0 spiro atoms. The van der Waals surface area contributed by atoms with Gasteiger partial charge < -0.3 is 9.84 Å². The third-order valence-electron chi connectivity index (χ3n) is 4.37. The van der Waals surface area contributed by atoms with E-state index in [1.54, 1.807) is 0 Å². The van der Waals surface area contributed by atoms with Crippen molar-refractivity contribution in [1.82, 2.24) is 0 Å². The van der Waals surface area contributed by atoms with Crippen molar-refractivity contribution in [3.05, 3.63) is 54.6 Å². The minimum absolute atomic E-state index is 0.0716. The molecule has 0 aromatic heterocycles. The normalized spacial score (nSPS) is 23.9. The van der Waals surface area contributed by atoms with Gasteiger partial charge in [0.15, 0.2) is 0 Å². The van der Waals surface area contributed by atoms with E-state index in [2.05, 4.69) is 32.0 Å². The highest BCUT2D eigenvalue weighted by Crippen LogP contribution is 2.44. The van der Waals surface area contributed by atoms with Crippen molar-refractivity contribution in [3.8, 4) is 16.9 Å². The van der Waals surface area contributed by atoms with E-state index in [0.29, 0.717) is 6.42 Å². The Morgan fingerprint density at radius 1 is 1.00 bits per heavy atom. The quantitative estimate of drug-likeness (QED) is 0.915. The Morgan fingerprint density at radius 2 is 1.65 bits per heavy atom. The van der Waals surface area contributed by atoms with Gasteiger partial charge in [-0.15, -0.1) is 0 Å². The first-order chi connectivity index (χ1) is 9.59. The molecule has 0 aliphatic heterocycles. The van der Waals surface area contributed by atoms with Gasteiger partial charge in [-0.2, -0.15) is 0 Å². The molecule has 0 amide bonds. The highest BCUT2D eigenvalue weighted by molar-refractivity contribution is 5.70. The minimum atomic E-state index is -0.267. The van der Waals surface area contributed by atoms with Crippen LogP contribution in [0.25, 0.3) is 11.1 Å². The van der Waals surface area contributed by atoms with E-state index in [0.717, 1.165) is 16.9 Å². The molecule has 2 aromatic carbocycles. The van der Waals surface area contributed by atoms with Crippen LogP contribution >= 0.6 is 0 Å². The molecule has 1 fully saturated rings. The Labute approximate surface area is 120 Å². The fourth-order valence-electron chi connectivity index (χ4n) is 2.64. The van der Waals surface area contributed by atoms with Crippen LogP contribution in [0.3, 0.4) is 0 Å². The van der Waals surface area contributed by atoms with Gasteiger partial charge in [0.05, 0.1) is 6.10 Å². The molecule has 1 aliphatic rings. The lowest BCUT2D eigenvalue weighted by Crippen LogP contribution is -2.56. The lowest BCUT2D eigenvalue weighted by molar-refractivity contribution is -0.134. The topological polar surface area (TPSA) is 29.5 Å². The molecule has 2 heteroatoms. The molecule has 0 bridgehead atoms. The van der Waals surface area contributed by atoms with Crippen LogP contribution in [0.2, 0.25) is 0 Å². The number of aliphatic hydroxyl groups excluding tert-OH is 1. The van der Waals surface area contributed by atoms with Gasteiger partial charge in [0.1, 0.15) is 11.9 Å². The molecule has 2 unspecified atom stereocenters. The van der Waals surface area contributed by atoms with Gasteiger partial charge in [-0.3, -0.25) is 0 Å². The number of hydrogen-bond donors (Lipinski definition) is 1. The highest BCUT2D eigenvalue weighted by Gasteiger charge is 2.49. The smallest absolute Gasteiger partial charge is 0.127 e. The van der Waals surface area contributed by atoms with Crippen LogP contribution < -0.4 is 4.74 Å². The SMILES string of the molecule is CC1(C)C(O)CC1Oc1ccccc1-c1ccccc1. The lowest BCUT2D eigenvalue weighted by Gasteiger charge is -2.48. The molecule has 0 saturated heterocycles. The van der Waals surface area contributed by atoms with Gasteiger partial charge in [0.25, 0.3) is 0 Å². The molecule has 3 rings (SSSR count). The molecule has 1 saturated carbocycles. The molecular weight excluding hydrogens is 248 g/mol. The minimum Gasteiger partial charge on any atom is -0.489 e. The fraction of sp³-hybridized carbons (Fsp3) is 0.333. The lowest BCUT2D eigenvalue weighted by atomic mass is 9.66. The zero-order valence-corrected chi connectivity index (χ0v) is 11.9. The summed E-state index contributed by atoms with van der Waals surface area (Å²) in [5.74, 6) is 0.892.